The lowest BCUT2D eigenvalue weighted by atomic mass is 10.2. The van der Waals surface area contributed by atoms with Crippen molar-refractivity contribution >= 4 is 23.2 Å². The molecule has 8 heteroatoms. The Morgan fingerprint density at radius 3 is 2.30 bits per heavy atom. The molecule has 0 saturated heterocycles. The number of benzene rings is 2. The Kier molecular flexibility index (Phi) is 7.77. The van der Waals surface area contributed by atoms with Gasteiger partial charge in [-0.25, -0.2) is 0 Å². The van der Waals surface area contributed by atoms with Crippen molar-refractivity contribution in [3.8, 4) is 0 Å². The highest BCUT2D eigenvalue weighted by Crippen LogP contribution is 2.15. The lowest BCUT2D eigenvalue weighted by Crippen LogP contribution is -2.36. The van der Waals surface area contributed by atoms with Crippen molar-refractivity contribution in [3.05, 3.63) is 70.3 Å². The minimum Gasteiger partial charge on any atom is -0.385 e. The second-order valence-corrected chi connectivity index (χ2v) is 5.87. The van der Waals surface area contributed by atoms with Crippen molar-refractivity contribution in [2.45, 2.75) is 19.4 Å². The van der Waals surface area contributed by atoms with Crippen LogP contribution in [0.15, 0.2) is 54.6 Å². The van der Waals surface area contributed by atoms with E-state index in [1.807, 2.05) is 30.3 Å². The second kappa shape index (κ2) is 10.5. The van der Waals surface area contributed by atoms with Gasteiger partial charge in [-0.05, 0) is 24.1 Å². The van der Waals surface area contributed by atoms with Crippen LogP contribution in [0.4, 0.5) is 11.4 Å². The van der Waals surface area contributed by atoms with Crippen molar-refractivity contribution in [2.75, 3.05) is 18.4 Å². The normalized spacial score (nSPS) is 10.1. The molecule has 27 heavy (non-hydrogen) atoms. The van der Waals surface area contributed by atoms with Gasteiger partial charge in [0.05, 0.1) is 11.5 Å². The van der Waals surface area contributed by atoms with E-state index in [-0.39, 0.29) is 30.5 Å². The zero-order chi connectivity index (χ0) is 19.5. The molecular formula is C19H22N4O4. The van der Waals surface area contributed by atoms with Crippen LogP contribution in [-0.4, -0.2) is 29.8 Å². The Morgan fingerprint density at radius 1 is 0.926 bits per heavy atom. The number of carbonyl (C=O) groups excluding carboxylic acids is 2. The first-order valence-corrected chi connectivity index (χ1v) is 8.60. The number of anilines is 1. The second-order valence-electron chi connectivity index (χ2n) is 5.87. The third-order valence-electron chi connectivity index (χ3n) is 3.77. The summed E-state index contributed by atoms with van der Waals surface area (Å²) in [6, 6.07) is 15.6. The molecule has 2 amide bonds. The van der Waals surface area contributed by atoms with E-state index in [9.17, 15) is 19.7 Å². The summed E-state index contributed by atoms with van der Waals surface area (Å²) in [6.07, 6.45) is 0.862. The van der Waals surface area contributed by atoms with Gasteiger partial charge in [-0.2, -0.15) is 0 Å². The predicted octanol–water partition coefficient (Wildman–Crippen LogP) is 2.22. The number of hydrogen-bond acceptors (Lipinski definition) is 5. The van der Waals surface area contributed by atoms with Crippen molar-refractivity contribution in [3.63, 3.8) is 0 Å². The van der Waals surface area contributed by atoms with Crippen molar-refractivity contribution in [1.29, 1.82) is 0 Å². The summed E-state index contributed by atoms with van der Waals surface area (Å²) in [7, 11) is 0. The van der Waals surface area contributed by atoms with Crippen LogP contribution in [0.3, 0.4) is 0 Å². The smallest absolute Gasteiger partial charge is 0.269 e. The lowest BCUT2D eigenvalue weighted by molar-refractivity contribution is -0.384. The predicted molar refractivity (Wildman–Crippen MR) is 102 cm³/mol. The van der Waals surface area contributed by atoms with Gasteiger partial charge in [0.2, 0.25) is 11.8 Å². The SMILES string of the molecule is O=C(CCCNc1ccc([N+](=O)[O-])cc1)NCC(=O)NCc1ccccc1. The van der Waals surface area contributed by atoms with E-state index in [4.69, 9.17) is 0 Å². The maximum atomic E-state index is 11.8. The van der Waals surface area contributed by atoms with Gasteiger partial charge in [-0.1, -0.05) is 30.3 Å². The van der Waals surface area contributed by atoms with Gasteiger partial charge in [0, 0.05) is 37.3 Å². The number of rotatable bonds is 10. The average molecular weight is 370 g/mol. The zero-order valence-corrected chi connectivity index (χ0v) is 14.8. The summed E-state index contributed by atoms with van der Waals surface area (Å²) in [5, 5.41) is 19.0. The number of nitro groups is 1. The van der Waals surface area contributed by atoms with Crippen molar-refractivity contribution in [2.24, 2.45) is 0 Å². The van der Waals surface area contributed by atoms with Gasteiger partial charge in [-0.15, -0.1) is 0 Å². The number of hydrogen-bond donors (Lipinski definition) is 3. The van der Waals surface area contributed by atoms with Gasteiger partial charge in [0.1, 0.15) is 0 Å². The summed E-state index contributed by atoms with van der Waals surface area (Å²) >= 11 is 0. The zero-order valence-electron chi connectivity index (χ0n) is 14.8. The Labute approximate surface area is 157 Å². The number of non-ortho nitro benzene ring substituents is 1. The number of carbonyl (C=O) groups is 2. The standard InChI is InChI=1S/C19H22N4O4/c24-18(22-14-19(25)21-13-15-5-2-1-3-6-15)7-4-12-20-16-8-10-17(11-9-16)23(26)27/h1-3,5-6,8-11,20H,4,7,12-14H2,(H,21,25)(H,22,24). The molecule has 0 radical (unpaired) electrons. The van der Waals surface area contributed by atoms with E-state index in [0.717, 1.165) is 11.3 Å². The van der Waals surface area contributed by atoms with Crippen LogP contribution < -0.4 is 16.0 Å². The summed E-state index contributed by atoms with van der Waals surface area (Å²) in [5.74, 6) is -0.438. The van der Waals surface area contributed by atoms with Crippen LogP contribution in [0.2, 0.25) is 0 Å². The van der Waals surface area contributed by atoms with Crippen LogP contribution in [0, 0.1) is 10.1 Å². The molecule has 142 valence electrons. The van der Waals surface area contributed by atoms with Gasteiger partial charge < -0.3 is 16.0 Å². The Balaban J connectivity index is 1.56. The molecule has 0 aliphatic heterocycles. The minimum atomic E-state index is -0.454. The van der Waals surface area contributed by atoms with Crippen molar-refractivity contribution in [1.82, 2.24) is 10.6 Å². The van der Waals surface area contributed by atoms with E-state index < -0.39 is 4.92 Å². The highest BCUT2D eigenvalue weighted by molar-refractivity contribution is 5.84. The summed E-state index contributed by atoms with van der Waals surface area (Å²) in [5.41, 5.74) is 1.78. The molecule has 2 aromatic carbocycles. The van der Waals surface area contributed by atoms with Crippen LogP contribution in [0.5, 0.6) is 0 Å². The number of amides is 2. The first kappa shape index (κ1) is 19.9. The molecule has 0 bridgehead atoms. The molecule has 2 rings (SSSR count). The molecular weight excluding hydrogens is 348 g/mol. The third kappa shape index (κ3) is 7.55. The molecule has 0 aliphatic carbocycles. The van der Waals surface area contributed by atoms with Gasteiger partial charge in [0.15, 0.2) is 0 Å². The van der Waals surface area contributed by atoms with Crippen molar-refractivity contribution < 1.29 is 14.5 Å². The molecule has 0 unspecified atom stereocenters. The Bertz CT molecular complexity index is 763. The number of nitrogens with zero attached hydrogens (tertiary/aromatic N) is 1. The third-order valence-corrected chi connectivity index (χ3v) is 3.77. The van der Waals surface area contributed by atoms with Gasteiger partial charge in [-0.3, -0.25) is 19.7 Å². The summed E-state index contributed by atoms with van der Waals surface area (Å²) < 4.78 is 0. The average Bonchev–Trinajstić information content (AvgIpc) is 2.69. The lowest BCUT2D eigenvalue weighted by Gasteiger charge is -2.08. The molecule has 0 heterocycles. The van der Waals surface area contributed by atoms with Crippen LogP contribution in [0.1, 0.15) is 18.4 Å². The van der Waals surface area contributed by atoms with Gasteiger partial charge >= 0.3 is 0 Å². The number of nitrogens with one attached hydrogen (secondary N) is 3. The van der Waals surface area contributed by atoms with Crippen LogP contribution in [-0.2, 0) is 16.1 Å². The molecule has 0 fully saturated rings. The number of nitro benzene ring substituents is 1. The molecule has 2 aromatic rings. The molecule has 8 nitrogen and oxygen atoms in total. The first-order valence-electron chi connectivity index (χ1n) is 8.60. The largest absolute Gasteiger partial charge is 0.385 e. The van der Waals surface area contributed by atoms with E-state index in [1.54, 1.807) is 12.1 Å². The van der Waals surface area contributed by atoms with E-state index >= 15 is 0 Å². The van der Waals surface area contributed by atoms with Gasteiger partial charge in [0.25, 0.3) is 5.69 Å². The molecule has 0 saturated carbocycles. The first-order chi connectivity index (χ1) is 13.0. The molecule has 0 spiro atoms. The highest BCUT2D eigenvalue weighted by Gasteiger charge is 2.06. The Hall–Kier alpha value is -3.42. The van der Waals surface area contributed by atoms with E-state index in [1.165, 1.54) is 12.1 Å². The van der Waals surface area contributed by atoms with E-state index in [2.05, 4.69) is 16.0 Å². The quantitative estimate of drug-likeness (QED) is 0.337. The van der Waals surface area contributed by atoms with E-state index in [0.29, 0.717) is 19.5 Å². The van der Waals surface area contributed by atoms with Crippen LogP contribution >= 0.6 is 0 Å². The molecule has 0 aliphatic rings. The summed E-state index contributed by atoms with van der Waals surface area (Å²) in [4.78, 5) is 33.6. The molecule has 3 N–H and O–H groups in total. The monoisotopic (exact) mass is 370 g/mol. The molecule has 0 aromatic heterocycles. The highest BCUT2D eigenvalue weighted by atomic mass is 16.6. The fraction of sp³-hybridized carbons (Fsp3) is 0.263. The maximum absolute atomic E-state index is 11.8. The summed E-state index contributed by atoms with van der Waals surface area (Å²) in [6.45, 7) is 0.918. The maximum Gasteiger partial charge on any atom is 0.269 e. The minimum absolute atomic E-state index is 0.0328. The fourth-order valence-electron chi connectivity index (χ4n) is 2.31. The topological polar surface area (TPSA) is 113 Å². The fourth-order valence-corrected chi connectivity index (χ4v) is 2.31. The Morgan fingerprint density at radius 2 is 1.63 bits per heavy atom. The van der Waals surface area contributed by atoms with Crippen LogP contribution in [0.25, 0.3) is 0 Å². The molecule has 0 atom stereocenters.